The summed E-state index contributed by atoms with van der Waals surface area (Å²) in [7, 11) is 0. The molecule has 0 spiro atoms. The van der Waals surface area contributed by atoms with Gasteiger partial charge in [0.1, 0.15) is 5.78 Å². The van der Waals surface area contributed by atoms with Crippen molar-refractivity contribution in [3.8, 4) is 0 Å². The average Bonchev–Trinajstić information content (AvgIpc) is 1.41. The van der Waals surface area contributed by atoms with Crippen LogP contribution in [-0.4, -0.2) is 28.8 Å². The van der Waals surface area contributed by atoms with Crippen molar-refractivity contribution in [2.75, 3.05) is 0 Å². The maximum absolute atomic E-state index is 9.44. The molecule has 0 aliphatic rings. The van der Waals surface area contributed by atoms with Crippen molar-refractivity contribution >= 4 is 28.8 Å². The minimum atomic E-state index is 0. The average molecular weight is 191 g/mol. The molecule has 0 amide bonds. The first-order valence-corrected chi connectivity index (χ1v) is 1.91. The predicted molar refractivity (Wildman–Crippen MR) is 33.1 cm³/mol. The molecule has 0 saturated heterocycles. The largest absolute Gasteiger partial charge is 2.00 e. The Morgan fingerprint density at radius 1 is 1.25 bits per heavy atom. The zero-order valence-corrected chi connectivity index (χ0v) is 8.70. The van der Waals surface area contributed by atoms with Crippen LogP contribution < -0.4 is 17.0 Å². The number of carbonyl (C=O) groups is 1. The molecule has 0 radical (unpaired) electrons. The van der Waals surface area contributed by atoms with Gasteiger partial charge < -0.3 is 28.7 Å². The Labute approximate surface area is 78.1 Å². The molecule has 0 N–H and O–H groups in total. The van der Waals surface area contributed by atoms with Crippen LogP contribution in [0.25, 0.3) is 0 Å². The van der Waals surface area contributed by atoms with Gasteiger partial charge in [-0.1, -0.05) is 0 Å². The quantitative estimate of drug-likeness (QED) is 0.322. The van der Waals surface area contributed by atoms with Crippen LogP contribution in [0.1, 0.15) is 20.8 Å². The monoisotopic (exact) mass is 190 g/mol. The molecule has 8 heavy (non-hydrogen) atoms. The fourth-order valence-electron chi connectivity index (χ4n) is 0. The molecule has 46 valence electrons. The molecular weight excluding hydrogens is 180 g/mol. The number of hydrogen-bond donors (Lipinski definition) is 0. The standard InChI is InChI=1S/C3H6O.C2H5.BrH.Mg/c1-3(2)4;1-2;;/h1-2H3;1H2,2H3;1H;/q;-1;;+2/p-1. The molecule has 3 heteroatoms. The van der Waals surface area contributed by atoms with Crippen molar-refractivity contribution in [2.24, 2.45) is 0 Å². The molecule has 0 aliphatic heterocycles. The number of carbonyl (C=O) groups excluding carboxylic acids is 1. The molecule has 1 nitrogen and oxygen atoms in total. The summed E-state index contributed by atoms with van der Waals surface area (Å²) in [4.78, 5) is 9.44. The van der Waals surface area contributed by atoms with Gasteiger partial charge in [-0.15, -0.1) is 0 Å². The number of Topliss-reactive ketones (excluding diaryl/α,β-unsaturated/α-hetero) is 1. The summed E-state index contributed by atoms with van der Waals surface area (Å²) in [5, 5.41) is 0. The normalized spacial score (nSPS) is 4.00. The van der Waals surface area contributed by atoms with Crippen LogP contribution in [0.4, 0.5) is 0 Å². The van der Waals surface area contributed by atoms with Gasteiger partial charge in [0, 0.05) is 0 Å². The molecule has 0 aliphatic carbocycles. The van der Waals surface area contributed by atoms with E-state index in [0.29, 0.717) is 0 Å². The molecule has 0 aromatic carbocycles. The van der Waals surface area contributed by atoms with Gasteiger partial charge >= 0.3 is 23.1 Å². The van der Waals surface area contributed by atoms with Crippen LogP contribution in [0.2, 0.25) is 0 Å². The van der Waals surface area contributed by atoms with Crippen molar-refractivity contribution in [3.05, 3.63) is 6.92 Å². The van der Waals surface area contributed by atoms with Crippen LogP contribution in [0.5, 0.6) is 0 Å². The Hall–Kier alpha value is 0.916. The van der Waals surface area contributed by atoms with E-state index >= 15 is 0 Å². The van der Waals surface area contributed by atoms with E-state index in [4.69, 9.17) is 0 Å². The Morgan fingerprint density at radius 3 is 1.25 bits per heavy atom. The van der Waals surface area contributed by atoms with Crippen molar-refractivity contribution in [2.45, 2.75) is 20.8 Å². The summed E-state index contributed by atoms with van der Waals surface area (Å²) < 4.78 is 0. The smallest absolute Gasteiger partial charge is 1.00 e. The third kappa shape index (κ3) is 288. The number of hydrogen-bond acceptors (Lipinski definition) is 1. The molecule has 0 saturated carbocycles. The third-order valence-corrected chi connectivity index (χ3v) is 0. The van der Waals surface area contributed by atoms with Gasteiger partial charge in [0.25, 0.3) is 0 Å². The summed E-state index contributed by atoms with van der Waals surface area (Å²) in [5.41, 5.74) is 0. The van der Waals surface area contributed by atoms with Crippen LogP contribution in [0.15, 0.2) is 0 Å². The third-order valence-electron chi connectivity index (χ3n) is 0. The number of ketones is 1. The van der Waals surface area contributed by atoms with Gasteiger partial charge in [-0.05, 0) is 13.8 Å². The van der Waals surface area contributed by atoms with E-state index < -0.39 is 0 Å². The Morgan fingerprint density at radius 2 is 1.25 bits per heavy atom. The van der Waals surface area contributed by atoms with Crippen molar-refractivity contribution < 1.29 is 21.8 Å². The van der Waals surface area contributed by atoms with E-state index in [2.05, 4.69) is 6.92 Å². The van der Waals surface area contributed by atoms with Gasteiger partial charge in [0.2, 0.25) is 0 Å². The summed E-state index contributed by atoms with van der Waals surface area (Å²) in [6.45, 7) is 8.06. The minimum Gasteiger partial charge on any atom is -1.00 e. The summed E-state index contributed by atoms with van der Waals surface area (Å²) in [5.74, 6) is 0.167. The molecule has 0 aromatic heterocycles. The first-order valence-electron chi connectivity index (χ1n) is 1.91. The van der Waals surface area contributed by atoms with Gasteiger partial charge in [-0.2, -0.15) is 6.92 Å². The maximum Gasteiger partial charge on any atom is 2.00 e. The van der Waals surface area contributed by atoms with E-state index in [0.717, 1.165) is 0 Å². The minimum absolute atomic E-state index is 0. The fraction of sp³-hybridized carbons (Fsp3) is 0.600. The predicted octanol–water partition coefficient (Wildman–Crippen LogP) is -1.94. The number of rotatable bonds is 0. The van der Waals surface area contributed by atoms with Crippen LogP contribution in [-0.2, 0) is 4.79 Å². The first kappa shape index (κ1) is 23.1. The van der Waals surface area contributed by atoms with E-state index in [1.807, 2.05) is 0 Å². The van der Waals surface area contributed by atoms with Gasteiger partial charge in [-0.3, -0.25) is 0 Å². The van der Waals surface area contributed by atoms with E-state index in [-0.39, 0.29) is 45.8 Å². The summed E-state index contributed by atoms with van der Waals surface area (Å²) in [6.07, 6.45) is 0. The Kier molecular flexibility index (Phi) is 71.3. The fourth-order valence-corrected chi connectivity index (χ4v) is 0. The molecule has 0 atom stereocenters. The SMILES string of the molecule is CC(C)=O.[Br-].[CH2-]C.[Mg+2]. The van der Waals surface area contributed by atoms with Crippen LogP contribution in [0.3, 0.4) is 0 Å². The van der Waals surface area contributed by atoms with Gasteiger partial charge in [0.15, 0.2) is 0 Å². The summed E-state index contributed by atoms with van der Waals surface area (Å²) in [6, 6.07) is 0. The second kappa shape index (κ2) is 24.7. The van der Waals surface area contributed by atoms with Gasteiger partial charge in [-0.25, -0.2) is 0 Å². The second-order valence-corrected chi connectivity index (χ2v) is 0.908. The molecule has 0 heterocycles. The molecule has 0 rings (SSSR count). The molecule has 0 bridgehead atoms. The first-order chi connectivity index (χ1) is 2.73. The summed E-state index contributed by atoms with van der Waals surface area (Å²) >= 11 is 0. The topological polar surface area (TPSA) is 17.1 Å². The van der Waals surface area contributed by atoms with E-state index in [9.17, 15) is 4.79 Å². The van der Waals surface area contributed by atoms with E-state index in [1.54, 1.807) is 6.92 Å². The van der Waals surface area contributed by atoms with E-state index in [1.165, 1.54) is 13.8 Å². The molecule has 0 unspecified atom stereocenters. The number of halogens is 1. The molecular formula is C5H11BrMgO. The maximum atomic E-state index is 9.44. The Bertz CT molecular complexity index is 35.4. The zero-order valence-electron chi connectivity index (χ0n) is 5.70. The second-order valence-electron chi connectivity index (χ2n) is 0.908. The van der Waals surface area contributed by atoms with Gasteiger partial charge in [0.05, 0.1) is 0 Å². The van der Waals surface area contributed by atoms with Crippen molar-refractivity contribution in [1.82, 2.24) is 0 Å². The molecule has 0 aromatic rings. The van der Waals surface area contributed by atoms with Crippen LogP contribution >= 0.6 is 0 Å². The van der Waals surface area contributed by atoms with Crippen molar-refractivity contribution in [1.29, 1.82) is 0 Å². The van der Waals surface area contributed by atoms with Crippen molar-refractivity contribution in [3.63, 3.8) is 0 Å². The Balaban J connectivity index is -0.0000000183. The molecule has 0 fully saturated rings. The zero-order chi connectivity index (χ0) is 5.58. The van der Waals surface area contributed by atoms with Crippen LogP contribution in [0, 0.1) is 6.92 Å².